The van der Waals surface area contributed by atoms with Gasteiger partial charge in [0, 0.05) is 19.3 Å². The van der Waals surface area contributed by atoms with Crippen LogP contribution < -0.4 is 0 Å². The molecule has 0 aliphatic heterocycles. The van der Waals surface area contributed by atoms with E-state index in [4.69, 9.17) is 4.74 Å². The molecular formula is C18H25N3O3. The second-order valence-electron chi connectivity index (χ2n) is 5.59. The SMILES string of the molecule is CCOC(=O)CCN(CC)C(=O)c1c(CC)nc2c(C)cccn12. The number of hydrogen-bond acceptors (Lipinski definition) is 4. The maximum atomic E-state index is 13.0. The first-order valence-corrected chi connectivity index (χ1v) is 8.44. The van der Waals surface area contributed by atoms with Crippen LogP contribution in [0.4, 0.5) is 0 Å². The highest BCUT2D eigenvalue weighted by atomic mass is 16.5. The van der Waals surface area contributed by atoms with E-state index in [1.165, 1.54) is 0 Å². The van der Waals surface area contributed by atoms with E-state index in [0.29, 0.717) is 31.8 Å². The Bertz CT molecular complexity index is 736. The Kier molecular flexibility index (Phi) is 5.95. The van der Waals surface area contributed by atoms with E-state index in [-0.39, 0.29) is 18.3 Å². The van der Waals surface area contributed by atoms with Crippen molar-refractivity contribution in [3.05, 3.63) is 35.3 Å². The summed E-state index contributed by atoms with van der Waals surface area (Å²) in [6, 6.07) is 3.89. The van der Waals surface area contributed by atoms with Gasteiger partial charge in [-0.1, -0.05) is 13.0 Å². The first kappa shape index (κ1) is 18.0. The Morgan fingerprint density at radius 3 is 2.67 bits per heavy atom. The van der Waals surface area contributed by atoms with Crippen LogP contribution in [0.5, 0.6) is 0 Å². The third-order valence-corrected chi connectivity index (χ3v) is 4.01. The van der Waals surface area contributed by atoms with E-state index in [0.717, 1.165) is 16.9 Å². The molecule has 0 aliphatic carbocycles. The molecule has 0 aromatic carbocycles. The molecule has 0 unspecified atom stereocenters. The van der Waals surface area contributed by atoms with E-state index in [9.17, 15) is 9.59 Å². The lowest BCUT2D eigenvalue weighted by atomic mass is 10.2. The van der Waals surface area contributed by atoms with Crippen LogP contribution in [0.15, 0.2) is 18.3 Å². The van der Waals surface area contributed by atoms with E-state index in [2.05, 4.69) is 4.98 Å². The highest BCUT2D eigenvalue weighted by molar-refractivity contribution is 5.95. The summed E-state index contributed by atoms with van der Waals surface area (Å²) in [5.74, 6) is -0.384. The molecule has 0 radical (unpaired) electrons. The van der Waals surface area contributed by atoms with Crippen LogP contribution in [0.1, 0.15) is 48.9 Å². The average Bonchev–Trinajstić information content (AvgIpc) is 2.95. The van der Waals surface area contributed by atoms with Gasteiger partial charge < -0.3 is 9.64 Å². The molecule has 2 heterocycles. The summed E-state index contributed by atoms with van der Waals surface area (Å²) in [5.41, 5.74) is 3.20. The van der Waals surface area contributed by atoms with Gasteiger partial charge in [0.2, 0.25) is 0 Å². The first-order chi connectivity index (χ1) is 11.5. The van der Waals surface area contributed by atoms with Crippen LogP contribution in [-0.4, -0.2) is 45.9 Å². The molecule has 6 heteroatoms. The van der Waals surface area contributed by atoms with Gasteiger partial charge in [0.05, 0.1) is 18.7 Å². The van der Waals surface area contributed by atoms with Gasteiger partial charge in [-0.3, -0.25) is 14.0 Å². The van der Waals surface area contributed by atoms with E-state index < -0.39 is 0 Å². The van der Waals surface area contributed by atoms with Crippen molar-refractivity contribution in [3.63, 3.8) is 0 Å². The Hall–Kier alpha value is -2.37. The van der Waals surface area contributed by atoms with Gasteiger partial charge in [-0.25, -0.2) is 4.98 Å². The van der Waals surface area contributed by atoms with Crippen molar-refractivity contribution in [2.24, 2.45) is 0 Å². The quantitative estimate of drug-likeness (QED) is 0.732. The van der Waals surface area contributed by atoms with Gasteiger partial charge >= 0.3 is 5.97 Å². The Morgan fingerprint density at radius 1 is 1.29 bits per heavy atom. The molecule has 2 rings (SSSR count). The molecule has 0 N–H and O–H groups in total. The van der Waals surface area contributed by atoms with E-state index in [1.54, 1.807) is 11.8 Å². The second-order valence-corrected chi connectivity index (χ2v) is 5.59. The summed E-state index contributed by atoms with van der Waals surface area (Å²) in [5, 5.41) is 0. The maximum absolute atomic E-state index is 13.0. The third-order valence-electron chi connectivity index (χ3n) is 4.01. The van der Waals surface area contributed by atoms with Crippen LogP contribution in [-0.2, 0) is 16.0 Å². The number of fused-ring (bicyclic) bond motifs is 1. The number of amides is 1. The Balaban J connectivity index is 2.31. The lowest BCUT2D eigenvalue weighted by Gasteiger charge is -2.20. The van der Waals surface area contributed by atoms with Crippen molar-refractivity contribution in [2.45, 2.75) is 40.5 Å². The maximum Gasteiger partial charge on any atom is 0.307 e. The van der Waals surface area contributed by atoms with E-state index >= 15 is 0 Å². The number of carbonyl (C=O) groups excluding carboxylic acids is 2. The summed E-state index contributed by atoms with van der Waals surface area (Å²) >= 11 is 0. The number of aromatic nitrogens is 2. The predicted octanol–water partition coefficient (Wildman–Crippen LogP) is 2.62. The monoisotopic (exact) mass is 331 g/mol. The molecule has 0 atom stereocenters. The van der Waals surface area contributed by atoms with Gasteiger partial charge in [0.25, 0.3) is 5.91 Å². The van der Waals surface area contributed by atoms with Crippen LogP contribution in [0.25, 0.3) is 5.65 Å². The summed E-state index contributed by atoms with van der Waals surface area (Å²) in [6.07, 6.45) is 2.74. The molecule has 0 saturated heterocycles. The number of nitrogens with zero attached hydrogens (tertiary/aromatic N) is 3. The minimum Gasteiger partial charge on any atom is -0.466 e. The molecule has 0 bridgehead atoms. The van der Waals surface area contributed by atoms with Gasteiger partial charge in [0.15, 0.2) is 0 Å². The van der Waals surface area contributed by atoms with Gasteiger partial charge in [-0.2, -0.15) is 0 Å². The summed E-state index contributed by atoms with van der Waals surface area (Å²) in [4.78, 5) is 30.9. The molecule has 0 aliphatic rings. The summed E-state index contributed by atoms with van der Waals surface area (Å²) < 4.78 is 6.79. The molecule has 2 aromatic rings. The van der Waals surface area contributed by atoms with Crippen molar-refractivity contribution in [2.75, 3.05) is 19.7 Å². The topological polar surface area (TPSA) is 63.9 Å². The predicted molar refractivity (Wildman–Crippen MR) is 92.1 cm³/mol. The normalized spacial score (nSPS) is 10.8. The number of pyridine rings is 1. The lowest BCUT2D eigenvalue weighted by molar-refractivity contribution is -0.143. The number of hydrogen-bond donors (Lipinski definition) is 0. The standard InChI is InChI=1S/C18H25N3O3/c1-5-14-16(21-11-8-9-13(4)17(21)19-14)18(23)20(6-2)12-10-15(22)24-7-3/h8-9,11H,5-7,10,12H2,1-4H3. The van der Waals surface area contributed by atoms with Crippen LogP contribution in [0, 0.1) is 6.92 Å². The van der Waals surface area contributed by atoms with Gasteiger partial charge in [-0.05, 0) is 38.8 Å². The first-order valence-electron chi connectivity index (χ1n) is 8.44. The molecule has 24 heavy (non-hydrogen) atoms. The number of ether oxygens (including phenoxy) is 1. The Labute approximate surface area is 142 Å². The van der Waals surface area contributed by atoms with E-state index in [1.807, 2.05) is 43.5 Å². The lowest BCUT2D eigenvalue weighted by Crippen LogP contribution is -2.34. The molecule has 0 fully saturated rings. The molecule has 6 nitrogen and oxygen atoms in total. The second kappa shape index (κ2) is 7.95. The van der Waals surface area contributed by atoms with Crippen molar-refractivity contribution in [1.29, 1.82) is 0 Å². The molecule has 1 amide bonds. The molecule has 0 spiro atoms. The van der Waals surface area contributed by atoms with Crippen molar-refractivity contribution in [3.8, 4) is 0 Å². The number of carbonyl (C=O) groups is 2. The van der Waals surface area contributed by atoms with Crippen molar-refractivity contribution in [1.82, 2.24) is 14.3 Å². The summed E-state index contributed by atoms with van der Waals surface area (Å²) in [6.45, 7) is 8.87. The minimum atomic E-state index is -0.284. The molecule has 130 valence electrons. The van der Waals surface area contributed by atoms with Crippen molar-refractivity contribution < 1.29 is 14.3 Å². The van der Waals surface area contributed by atoms with Crippen LogP contribution >= 0.6 is 0 Å². The third kappa shape index (κ3) is 3.58. The highest BCUT2D eigenvalue weighted by Gasteiger charge is 2.23. The zero-order valence-corrected chi connectivity index (χ0v) is 14.8. The summed E-state index contributed by atoms with van der Waals surface area (Å²) in [7, 11) is 0. The average molecular weight is 331 g/mol. The van der Waals surface area contributed by atoms with Crippen LogP contribution in [0.2, 0.25) is 0 Å². The zero-order valence-electron chi connectivity index (χ0n) is 14.8. The number of esters is 1. The molecule has 2 aromatic heterocycles. The highest BCUT2D eigenvalue weighted by Crippen LogP contribution is 2.18. The Morgan fingerprint density at radius 2 is 2.04 bits per heavy atom. The number of rotatable bonds is 7. The minimum absolute atomic E-state index is 0.100. The number of imidazole rings is 1. The van der Waals surface area contributed by atoms with Crippen molar-refractivity contribution >= 4 is 17.5 Å². The fourth-order valence-electron chi connectivity index (χ4n) is 2.74. The van der Waals surface area contributed by atoms with Gasteiger partial charge in [-0.15, -0.1) is 0 Å². The number of aryl methyl sites for hydroxylation is 2. The molecule has 0 saturated carbocycles. The largest absolute Gasteiger partial charge is 0.466 e. The molecular weight excluding hydrogens is 306 g/mol. The fraction of sp³-hybridized carbons (Fsp3) is 0.500. The van der Waals surface area contributed by atoms with Gasteiger partial charge in [0.1, 0.15) is 11.3 Å². The fourth-order valence-corrected chi connectivity index (χ4v) is 2.74. The van der Waals surface area contributed by atoms with Crippen LogP contribution in [0.3, 0.4) is 0 Å². The smallest absolute Gasteiger partial charge is 0.307 e. The zero-order chi connectivity index (χ0) is 17.7.